The fourth-order valence-electron chi connectivity index (χ4n) is 6.21. The zero-order valence-corrected chi connectivity index (χ0v) is 23.2. The molecule has 0 aliphatic carbocycles. The zero-order chi connectivity index (χ0) is 27.6. The Labute approximate surface area is 245 Å². The number of benzene rings is 6. The van der Waals surface area contributed by atoms with Crippen LogP contribution in [0.2, 0.25) is 0 Å². The highest BCUT2D eigenvalue weighted by Gasteiger charge is 2.17. The quantitative estimate of drug-likeness (QED) is 0.218. The maximum absolute atomic E-state index is 6.36. The van der Waals surface area contributed by atoms with Gasteiger partial charge in [-0.3, -0.25) is 0 Å². The third kappa shape index (κ3) is 3.52. The number of aromatic nitrogens is 2. The second-order valence-corrected chi connectivity index (χ2v) is 11.7. The van der Waals surface area contributed by atoms with Gasteiger partial charge in [-0.2, -0.15) is 0 Å². The SMILES string of the molecule is c1cc(-c2ccc(-c3ncnc4c3oc3ccc5ccccc5c34)cc2)cc(-c2cccc3c2sc2ccccc23)c1. The van der Waals surface area contributed by atoms with Gasteiger partial charge in [0.15, 0.2) is 5.58 Å². The molecule has 9 rings (SSSR count). The van der Waals surface area contributed by atoms with Crippen molar-refractivity contribution in [2.75, 3.05) is 0 Å². The highest BCUT2D eigenvalue weighted by atomic mass is 32.1. The van der Waals surface area contributed by atoms with Crippen molar-refractivity contribution in [2.24, 2.45) is 0 Å². The van der Waals surface area contributed by atoms with Gasteiger partial charge in [0, 0.05) is 25.7 Å². The van der Waals surface area contributed by atoms with E-state index in [1.165, 1.54) is 42.2 Å². The van der Waals surface area contributed by atoms with E-state index in [1.54, 1.807) is 6.33 Å². The Bertz CT molecular complexity index is 2470. The smallest absolute Gasteiger partial charge is 0.180 e. The number of nitrogens with zero attached hydrogens (tertiary/aromatic N) is 2. The Kier molecular flexibility index (Phi) is 5.07. The topological polar surface area (TPSA) is 38.9 Å². The molecule has 0 saturated carbocycles. The van der Waals surface area contributed by atoms with Crippen LogP contribution in [0.3, 0.4) is 0 Å². The average Bonchev–Trinajstić information content (AvgIpc) is 3.64. The molecule has 0 saturated heterocycles. The van der Waals surface area contributed by atoms with Gasteiger partial charge in [-0.15, -0.1) is 11.3 Å². The summed E-state index contributed by atoms with van der Waals surface area (Å²) in [5.74, 6) is 0. The van der Waals surface area contributed by atoms with E-state index in [-0.39, 0.29) is 0 Å². The summed E-state index contributed by atoms with van der Waals surface area (Å²) >= 11 is 1.87. The highest BCUT2D eigenvalue weighted by molar-refractivity contribution is 7.26. The minimum Gasteiger partial charge on any atom is -0.452 e. The first-order valence-corrected chi connectivity index (χ1v) is 14.8. The van der Waals surface area contributed by atoms with Crippen molar-refractivity contribution in [3.05, 3.63) is 134 Å². The molecule has 3 nitrogen and oxygen atoms in total. The van der Waals surface area contributed by atoms with Gasteiger partial charge < -0.3 is 4.42 Å². The number of hydrogen-bond donors (Lipinski definition) is 0. The van der Waals surface area contributed by atoms with Gasteiger partial charge in [0.2, 0.25) is 0 Å². The fraction of sp³-hybridized carbons (Fsp3) is 0. The first-order valence-electron chi connectivity index (χ1n) is 14.0. The highest BCUT2D eigenvalue weighted by Crippen LogP contribution is 2.41. The number of furan rings is 1. The first-order chi connectivity index (χ1) is 20.8. The molecule has 0 atom stereocenters. The molecule has 42 heavy (non-hydrogen) atoms. The van der Waals surface area contributed by atoms with Crippen LogP contribution in [-0.2, 0) is 0 Å². The predicted molar refractivity (Wildman–Crippen MR) is 176 cm³/mol. The maximum Gasteiger partial charge on any atom is 0.180 e. The van der Waals surface area contributed by atoms with Crippen LogP contribution < -0.4 is 0 Å². The summed E-state index contributed by atoms with van der Waals surface area (Å²) in [7, 11) is 0. The zero-order valence-electron chi connectivity index (χ0n) is 22.4. The van der Waals surface area contributed by atoms with Crippen molar-refractivity contribution in [3.8, 4) is 33.5 Å². The van der Waals surface area contributed by atoms with Gasteiger partial charge >= 0.3 is 0 Å². The minimum absolute atomic E-state index is 0.718. The standard InChI is InChI=1S/C38H22N2OS/c1-2-10-28-24(7-1)19-20-32-34(28)36-37(41-32)35(39-22-40-36)25-17-15-23(16-18-25)26-8-5-9-27(21-26)29-12-6-13-31-30-11-3-4-14-33(30)42-38(29)31/h1-22H. The van der Waals surface area contributed by atoms with E-state index < -0.39 is 0 Å². The van der Waals surface area contributed by atoms with Crippen molar-refractivity contribution in [1.29, 1.82) is 0 Å². The third-order valence-corrected chi connectivity index (χ3v) is 9.43. The Morgan fingerprint density at radius 1 is 0.548 bits per heavy atom. The molecule has 0 radical (unpaired) electrons. The van der Waals surface area contributed by atoms with E-state index in [1.807, 2.05) is 17.4 Å². The molecular formula is C38H22N2OS. The molecule has 0 aliphatic rings. The lowest BCUT2D eigenvalue weighted by Gasteiger charge is -2.08. The van der Waals surface area contributed by atoms with Crippen molar-refractivity contribution in [2.45, 2.75) is 0 Å². The molecule has 6 aromatic carbocycles. The van der Waals surface area contributed by atoms with Gasteiger partial charge in [0.25, 0.3) is 0 Å². The average molecular weight is 555 g/mol. The molecule has 3 aromatic heterocycles. The number of rotatable bonds is 3. The van der Waals surface area contributed by atoms with E-state index in [0.717, 1.165) is 44.3 Å². The summed E-state index contributed by atoms with van der Waals surface area (Å²) in [4.78, 5) is 9.29. The Morgan fingerprint density at radius 2 is 1.31 bits per heavy atom. The van der Waals surface area contributed by atoms with Crippen molar-refractivity contribution in [1.82, 2.24) is 9.97 Å². The van der Waals surface area contributed by atoms with Gasteiger partial charge in [-0.1, -0.05) is 109 Å². The molecule has 4 heteroatoms. The Morgan fingerprint density at radius 3 is 2.24 bits per heavy atom. The summed E-state index contributed by atoms with van der Waals surface area (Å²) in [5.41, 5.74) is 9.03. The third-order valence-electron chi connectivity index (χ3n) is 8.21. The lowest BCUT2D eigenvalue weighted by atomic mass is 9.97. The lowest BCUT2D eigenvalue weighted by molar-refractivity contribution is 0.667. The molecule has 0 unspecified atom stereocenters. The molecule has 0 bridgehead atoms. The van der Waals surface area contributed by atoms with Crippen LogP contribution in [0.4, 0.5) is 0 Å². The van der Waals surface area contributed by atoms with E-state index in [9.17, 15) is 0 Å². The van der Waals surface area contributed by atoms with Crippen LogP contribution in [0, 0.1) is 0 Å². The fourth-order valence-corrected chi connectivity index (χ4v) is 7.44. The molecule has 9 aromatic rings. The van der Waals surface area contributed by atoms with Crippen molar-refractivity contribution >= 4 is 64.4 Å². The Balaban J connectivity index is 1.12. The van der Waals surface area contributed by atoms with Crippen LogP contribution in [0.15, 0.2) is 138 Å². The summed E-state index contributed by atoms with van der Waals surface area (Å²) in [6.07, 6.45) is 1.64. The van der Waals surface area contributed by atoms with Gasteiger partial charge in [0.1, 0.15) is 23.1 Å². The second-order valence-electron chi connectivity index (χ2n) is 10.6. The summed E-state index contributed by atoms with van der Waals surface area (Å²) in [5, 5.41) is 5.98. The molecule has 0 fully saturated rings. The van der Waals surface area contributed by atoms with Gasteiger partial charge in [0.05, 0.1) is 5.39 Å². The predicted octanol–water partition coefficient (Wildman–Crippen LogP) is 10.9. The normalized spacial score (nSPS) is 11.8. The number of fused-ring (bicyclic) bond motifs is 8. The number of thiophene rings is 1. The molecule has 0 aliphatic heterocycles. The monoisotopic (exact) mass is 554 g/mol. The second kappa shape index (κ2) is 9.10. The first kappa shape index (κ1) is 23.4. The van der Waals surface area contributed by atoms with Gasteiger partial charge in [-0.05, 0) is 51.2 Å². The molecule has 196 valence electrons. The lowest BCUT2D eigenvalue weighted by Crippen LogP contribution is -1.87. The molecule has 3 heterocycles. The maximum atomic E-state index is 6.36. The van der Waals surface area contributed by atoms with E-state index in [2.05, 4.69) is 131 Å². The van der Waals surface area contributed by atoms with Crippen LogP contribution in [0.5, 0.6) is 0 Å². The molecular weight excluding hydrogens is 532 g/mol. The van der Waals surface area contributed by atoms with E-state index >= 15 is 0 Å². The minimum atomic E-state index is 0.718. The summed E-state index contributed by atoms with van der Waals surface area (Å²) < 4.78 is 9.01. The molecule has 0 amide bonds. The summed E-state index contributed by atoms with van der Waals surface area (Å²) in [6, 6.07) is 45.2. The molecule has 0 N–H and O–H groups in total. The van der Waals surface area contributed by atoms with Crippen LogP contribution in [0.25, 0.3) is 86.5 Å². The van der Waals surface area contributed by atoms with Gasteiger partial charge in [-0.25, -0.2) is 9.97 Å². The van der Waals surface area contributed by atoms with Crippen LogP contribution in [0.1, 0.15) is 0 Å². The molecule has 0 spiro atoms. The van der Waals surface area contributed by atoms with E-state index in [0.29, 0.717) is 0 Å². The van der Waals surface area contributed by atoms with Crippen LogP contribution >= 0.6 is 11.3 Å². The van der Waals surface area contributed by atoms with E-state index in [4.69, 9.17) is 4.42 Å². The largest absolute Gasteiger partial charge is 0.452 e. The number of hydrogen-bond acceptors (Lipinski definition) is 4. The van der Waals surface area contributed by atoms with Crippen molar-refractivity contribution in [3.63, 3.8) is 0 Å². The van der Waals surface area contributed by atoms with Crippen LogP contribution in [-0.4, -0.2) is 9.97 Å². The van der Waals surface area contributed by atoms with Crippen molar-refractivity contribution < 1.29 is 4.42 Å². The summed E-state index contributed by atoms with van der Waals surface area (Å²) in [6.45, 7) is 0. The Hall–Kier alpha value is -5.32.